The summed E-state index contributed by atoms with van der Waals surface area (Å²) in [6.45, 7) is 0. The van der Waals surface area contributed by atoms with Crippen molar-refractivity contribution in [1.82, 2.24) is 0 Å². The fraction of sp³-hybridized carbons (Fsp3) is 0.0714. The minimum Gasteiger partial charge on any atom is -0.465 e. The summed E-state index contributed by atoms with van der Waals surface area (Å²) in [7, 11) is 2.49. The Bertz CT molecular complexity index is 739. The lowest BCUT2D eigenvalue weighted by Crippen LogP contribution is -2.07. The van der Waals surface area contributed by atoms with Gasteiger partial charge in [0, 0.05) is 10.7 Å². The molecule has 0 N–H and O–H groups in total. The van der Waals surface area contributed by atoms with E-state index >= 15 is 0 Å². The topological polar surface area (TPSA) is 60.4 Å². The Balaban J connectivity index is 2.64. The molecule has 0 aliphatic carbocycles. The lowest BCUT2D eigenvalue weighted by atomic mass is 10.0. The van der Waals surface area contributed by atoms with Gasteiger partial charge in [0.25, 0.3) is 9.05 Å². The molecule has 0 aliphatic heterocycles. The molecule has 0 spiro atoms. The van der Waals surface area contributed by atoms with Crippen LogP contribution in [0.5, 0.6) is 0 Å². The SMILES string of the molecule is COC(=O)c1cc(-c2ccccc2)ccc1S(=O)(=O)Cl. The zero-order chi connectivity index (χ0) is 14.8. The van der Waals surface area contributed by atoms with Gasteiger partial charge in [0.2, 0.25) is 0 Å². The molecule has 0 amide bonds. The van der Waals surface area contributed by atoms with Gasteiger partial charge in [-0.3, -0.25) is 0 Å². The van der Waals surface area contributed by atoms with E-state index in [9.17, 15) is 13.2 Å². The largest absolute Gasteiger partial charge is 0.465 e. The van der Waals surface area contributed by atoms with Crippen molar-refractivity contribution >= 4 is 25.7 Å². The van der Waals surface area contributed by atoms with Gasteiger partial charge < -0.3 is 4.74 Å². The van der Waals surface area contributed by atoms with Crippen molar-refractivity contribution in [3.63, 3.8) is 0 Å². The molecule has 0 fully saturated rings. The molecule has 0 saturated carbocycles. The van der Waals surface area contributed by atoms with E-state index in [1.165, 1.54) is 19.2 Å². The quantitative estimate of drug-likeness (QED) is 0.645. The van der Waals surface area contributed by atoms with Gasteiger partial charge in [-0.1, -0.05) is 36.4 Å². The zero-order valence-electron chi connectivity index (χ0n) is 10.5. The van der Waals surface area contributed by atoms with Crippen LogP contribution in [0.15, 0.2) is 53.4 Å². The molecule has 2 rings (SSSR count). The van der Waals surface area contributed by atoms with Crippen LogP contribution in [0.3, 0.4) is 0 Å². The van der Waals surface area contributed by atoms with Crippen LogP contribution in [0, 0.1) is 0 Å². The number of ether oxygens (including phenoxy) is 1. The van der Waals surface area contributed by atoms with Gasteiger partial charge in [0.15, 0.2) is 0 Å². The van der Waals surface area contributed by atoms with E-state index < -0.39 is 15.0 Å². The van der Waals surface area contributed by atoms with Crippen LogP contribution in [0.4, 0.5) is 0 Å². The van der Waals surface area contributed by atoms with Gasteiger partial charge in [-0.2, -0.15) is 0 Å². The Kier molecular flexibility index (Phi) is 4.11. The Morgan fingerprint density at radius 2 is 1.70 bits per heavy atom. The second-order valence-electron chi connectivity index (χ2n) is 4.01. The Morgan fingerprint density at radius 3 is 2.25 bits per heavy atom. The van der Waals surface area contributed by atoms with Crippen LogP contribution in [0.1, 0.15) is 10.4 Å². The number of hydrogen-bond acceptors (Lipinski definition) is 4. The summed E-state index contributed by atoms with van der Waals surface area (Å²) in [4.78, 5) is 11.5. The summed E-state index contributed by atoms with van der Waals surface area (Å²) >= 11 is 0. The second-order valence-corrected chi connectivity index (χ2v) is 6.54. The van der Waals surface area contributed by atoms with E-state index in [0.29, 0.717) is 5.56 Å². The summed E-state index contributed by atoms with van der Waals surface area (Å²) in [5, 5.41) is 0. The number of hydrogen-bond donors (Lipinski definition) is 0. The lowest BCUT2D eigenvalue weighted by molar-refractivity contribution is 0.0596. The van der Waals surface area contributed by atoms with E-state index in [2.05, 4.69) is 4.74 Å². The predicted octanol–water partition coefficient (Wildman–Crippen LogP) is 3.07. The smallest absolute Gasteiger partial charge is 0.339 e. The number of benzene rings is 2. The van der Waals surface area contributed by atoms with Crippen molar-refractivity contribution < 1.29 is 17.9 Å². The first kappa shape index (κ1) is 14.6. The molecule has 0 aliphatic rings. The molecule has 0 aromatic heterocycles. The van der Waals surface area contributed by atoms with Gasteiger partial charge >= 0.3 is 5.97 Å². The highest BCUT2D eigenvalue weighted by molar-refractivity contribution is 8.13. The van der Waals surface area contributed by atoms with Gasteiger partial charge in [-0.05, 0) is 23.3 Å². The van der Waals surface area contributed by atoms with Crippen molar-refractivity contribution in [3.05, 3.63) is 54.1 Å². The monoisotopic (exact) mass is 310 g/mol. The maximum atomic E-state index is 11.7. The van der Waals surface area contributed by atoms with Crippen LogP contribution in [0.25, 0.3) is 11.1 Å². The second kappa shape index (κ2) is 5.64. The summed E-state index contributed by atoms with van der Waals surface area (Å²) in [5.74, 6) is -0.748. The number of methoxy groups -OCH3 is 1. The number of carbonyl (C=O) groups is 1. The molecular formula is C14H11ClO4S. The number of halogens is 1. The van der Waals surface area contributed by atoms with Crippen LogP contribution >= 0.6 is 10.7 Å². The fourth-order valence-corrected chi connectivity index (χ4v) is 2.86. The standard InChI is InChI=1S/C14H11ClO4S/c1-19-14(16)12-9-11(10-5-3-2-4-6-10)7-8-13(12)20(15,17)18/h2-9H,1H3. The molecule has 0 atom stereocenters. The molecule has 2 aromatic carbocycles. The predicted molar refractivity (Wildman–Crippen MR) is 76.3 cm³/mol. The molecule has 6 heteroatoms. The number of carbonyl (C=O) groups excluding carboxylic acids is 1. The molecule has 0 saturated heterocycles. The highest BCUT2D eigenvalue weighted by Gasteiger charge is 2.21. The van der Waals surface area contributed by atoms with Crippen molar-refractivity contribution in [2.24, 2.45) is 0 Å². The third-order valence-electron chi connectivity index (χ3n) is 2.75. The molecule has 0 bridgehead atoms. The highest BCUT2D eigenvalue weighted by atomic mass is 35.7. The summed E-state index contributed by atoms with van der Waals surface area (Å²) in [6, 6.07) is 13.6. The average molecular weight is 311 g/mol. The van der Waals surface area contributed by atoms with Crippen LogP contribution < -0.4 is 0 Å². The van der Waals surface area contributed by atoms with E-state index in [0.717, 1.165) is 5.56 Å². The molecule has 104 valence electrons. The molecule has 0 unspecified atom stereocenters. The summed E-state index contributed by atoms with van der Waals surface area (Å²) in [6.07, 6.45) is 0. The zero-order valence-corrected chi connectivity index (χ0v) is 12.1. The minimum absolute atomic E-state index is 0.0798. The van der Waals surface area contributed by atoms with Crippen molar-refractivity contribution in [2.45, 2.75) is 4.90 Å². The third kappa shape index (κ3) is 3.00. The lowest BCUT2D eigenvalue weighted by Gasteiger charge is -2.08. The highest BCUT2D eigenvalue weighted by Crippen LogP contribution is 2.27. The van der Waals surface area contributed by atoms with E-state index in [1.807, 2.05) is 30.3 Å². The number of rotatable bonds is 3. The molecule has 0 heterocycles. The average Bonchev–Trinajstić information content (AvgIpc) is 2.45. The first-order valence-electron chi connectivity index (χ1n) is 5.66. The maximum absolute atomic E-state index is 11.7. The number of esters is 1. The van der Waals surface area contributed by atoms with Crippen molar-refractivity contribution in [2.75, 3.05) is 7.11 Å². The first-order chi connectivity index (χ1) is 9.43. The first-order valence-corrected chi connectivity index (χ1v) is 7.97. The normalized spacial score (nSPS) is 11.1. The Labute approximate surface area is 121 Å². The van der Waals surface area contributed by atoms with E-state index in [4.69, 9.17) is 10.7 Å². The fourth-order valence-electron chi connectivity index (χ4n) is 1.82. The maximum Gasteiger partial charge on any atom is 0.339 e. The Hall–Kier alpha value is -1.85. The molecule has 4 nitrogen and oxygen atoms in total. The summed E-state index contributed by atoms with van der Waals surface area (Å²) < 4.78 is 27.6. The van der Waals surface area contributed by atoms with Crippen LogP contribution in [-0.4, -0.2) is 21.5 Å². The van der Waals surface area contributed by atoms with Gasteiger partial charge in [0.05, 0.1) is 17.6 Å². The summed E-state index contributed by atoms with van der Waals surface area (Å²) in [5.41, 5.74) is 1.48. The van der Waals surface area contributed by atoms with Crippen molar-refractivity contribution in [3.8, 4) is 11.1 Å². The van der Waals surface area contributed by atoms with Crippen LogP contribution in [-0.2, 0) is 13.8 Å². The van der Waals surface area contributed by atoms with Gasteiger partial charge in [0.1, 0.15) is 0 Å². The molecule has 2 aromatic rings. The van der Waals surface area contributed by atoms with Crippen LogP contribution in [0.2, 0.25) is 0 Å². The van der Waals surface area contributed by atoms with E-state index in [-0.39, 0.29) is 10.5 Å². The van der Waals surface area contributed by atoms with Crippen molar-refractivity contribution in [1.29, 1.82) is 0 Å². The molecule has 20 heavy (non-hydrogen) atoms. The van der Waals surface area contributed by atoms with Gasteiger partial charge in [-0.25, -0.2) is 13.2 Å². The Morgan fingerprint density at radius 1 is 1.05 bits per heavy atom. The van der Waals surface area contributed by atoms with E-state index in [1.54, 1.807) is 6.07 Å². The third-order valence-corrected chi connectivity index (χ3v) is 4.13. The minimum atomic E-state index is -4.02. The van der Waals surface area contributed by atoms with Gasteiger partial charge in [-0.15, -0.1) is 0 Å². The molecule has 0 radical (unpaired) electrons. The molecular weight excluding hydrogens is 300 g/mol.